The number of nitrogens with zero attached hydrogens (tertiary/aromatic N) is 3. The number of carboxylic acid groups (broad SMARTS) is 1. The van der Waals surface area contributed by atoms with E-state index in [9.17, 15) is 9.90 Å². The SMILES string of the molecule is COc1ccc(C(=O)O)c(N(C)Cc2cnn(C)c2)c1. The lowest BCUT2D eigenvalue weighted by Gasteiger charge is -2.21. The van der Waals surface area contributed by atoms with Crippen LogP contribution in [0.5, 0.6) is 5.75 Å². The Morgan fingerprint density at radius 1 is 1.50 bits per heavy atom. The number of hydrogen-bond donors (Lipinski definition) is 1. The van der Waals surface area contributed by atoms with Gasteiger partial charge >= 0.3 is 5.97 Å². The number of ether oxygens (including phenoxy) is 1. The maximum atomic E-state index is 11.3. The van der Waals surface area contributed by atoms with Gasteiger partial charge in [0.2, 0.25) is 0 Å². The number of rotatable bonds is 5. The molecule has 6 heteroatoms. The first kappa shape index (κ1) is 13.9. The van der Waals surface area contributed by atoms with Crippen LogP contribution in [0.25, 0.3) is 0 Å². The van der Waals surface area contributed by atoms with Gasteiger partial charge in [-0.15, -0.1) is 0 Å². The third kappa shape index (κ3) is 2.90. The summed E-state index contributed by atoms with van der Waals surface area (Å²) in [6.45, 7) is 0.571. The highest BCUT2D eigenvalue weighted by molar-refractivity contribution is 5.94. The van der Waals surface area contributed by atoms with Crippen LogP contribution in [0.1, 0.15) is 15.9 Å². The zero-order valence-electron chi connectivity index (χ0n) is 11.7. The van der Waals surface area contributed by atoms with Gasteiger partial charge in [0.1, 0.15) is 5.75 Å². The Morgan fingerprint density at radius 2 is 2.25 bits per heavy atom. The normalized spacial score (nSPS) is 10.3. The van der Waals surface area contributed by atoms with Crippen molar-refractivity contribution in [3.8, 4) is 5.75 Å². The van der Waals surface area contributed by atoms with Crippen molar-refractivity contribution >= 4 is 11.7 Å². The van der Waals surface area contributed by atoms with E-state index < -0.39 is 5.97 Å². The highest BCUT2D eigenvalue weighted by atomic mass is 16.5. The molecule has 106 valence electrons. The number of methoxy groups -OCH3 is 1. The van der Waals surface area contributed by atoms with E-state index in [0.29, 0.717) is 18.0 Å². The molecule has 0 saturated carbocycles. The number of carboxylic acids is 1. The van der Waals surface area contributed by atoms with Gasteiger partial charge in [0, 0.05) is 38.5 Å². The summed E-state index contributed by atoms with van der Waals surface area (Å²) in [6, 6.07) is 4.92. The second-order valence-corrected chi connectivity index (χ2v) is 4.57. The van der Waals surface area contributed by atoms with E-state index in [2.05, 4.69) is 5.10 Å². The fraction of sp³-hybridized carbons (Fsp3) is 0.286. The Bertz CT molecular complexity index is 622. The predicted octanol–water partition coefficient (Wildman–Crippen LogP) is 1.76. The van der Waals surface area contributed by atoms with Gasteiger partial charge in [0.05, 0.1) is 24.6 Å². The second-order valence-electron chi connectivity index (χ2n) is 4.57. The van der Waals surface area contributed by atoms with Gasteiger partial charge in [-0.2, -0.15) is 5.10 Å². The van der Waals surface area contributed by atoms with E-state index in [1.807, 2.05) is 25.2 Å². The Hall–Kier alpha value is -2.50. The lowest BCUT2D eigenvalue weighted by Crippen LogP contribution is -2.19. The summed E-state index contributed by atoms with van der Waals surface area (Å²) in [7, 11) is 5.24. The summed E-state index contributed by atoms with van der Waals surface area (Å²) in [5.41, 5.74) is 1.87. The molecule has 0 aliphatic heterocycles. The zero-order chi connectivity index (χ0) is 14.7. The van der Waals surface area contributed by atoms with Gasteiger partial charge in [-0.1, -0.05) is 0 Å². The summed E-state index contributed by atoms with van der Waals surface area (Å²) in [5, 5.41) is 13.4. The van der Waals surface area contributed by atoms with Crippen LogP contribution in [0.2, 0.25) is 0 Å². The summed E-state index contributed by atoms with van der Waals surface area (Å²) < 4.78 is 6.87. The molecule has 6 nitrogen and oxygen atoms in total. The lowest BCUT2D eigenvalue weighted by atomic mass is 10.1. The molecule has 0 aliphatic carbocycles. The third-order valence-electron chi connectivity index (χ3n) is 3.02. The summed E-state index contributed by atoms with van der Waals surface area (Å²) >= 11 is 0. The Morgan fingerprint density at radius 3 is 2.80 bits per heavy atom. The maximum Gasteiger partial charge on any atom is 0.337 e. The van der Waals surface area contributed by atoms with E-state index in [-0.39, 0.29) is 5.56 Å². The number of hydrogen-bond acceptors (Lipinski definition) is 4. The fourth-order valence-corrected chi connectivity index (χ4v) is 2.05. The van der Waals surface area contributed by atoms with Crippen LogP contribution in [-0.4, -0.2) is 35.0 Å². The molecule has 1 heterocycles. The monoisotopic (exact) mass is 275 g/mol. The van der Waals surface area contributed by atoms with Crippen molar-refractivity contribution in [2.75, 3.05) is 19.1 Å². The molecule has 0 saturated heterocycles. The second kappa shape index (κ2) is 5.64. The molecule has 0 atom stereocenters. The predicted molar refractivity (Wildman–Crippen MR) is 75.3 cm³/mol. The van der Waals surface area contributed by atoms with Crippen LogP contribution in [-0.2, 0) is 13.6 Å². The van der Waals surface area contributed by atoms with Crippen molar-refractivity contribution < 1.29 is 14.6 Å². The Labute approximate surface area is 117 Å². The molecule has 20 heavy (non-hydrogen) atoms. The maximum absolute atomic E-state index is 11.3. The molecule has 0 amide bonds. The van der Waals surface area contributed by atoms with E-state index in [0.717, 1.165) is 5.56 Å². The average molecular weight is 275 g/mol. The minimum absolute atomic E-state index is 0.247. The molecular formula is C14H17N3O3. The summed E-state index contributed by atoms with van der Waals surface area (Å²) in [4.78, 5) is 13.2. The van der Waals surface area contributed by atoms with Crippen molar-refractivity contribution in [1.82, 2.24) is 9.78 Å². The number of benzene rings is 1. The molecule has 1 aromatic carbocycles. The van der Waals surface area contributed by atoms with Crippen LogP contribution in [0.4, 0.5) is 5.69 Å². The van der Waals surface area contributed by atoms with Crippen LogP contribution >= 0.6 is 0 Å². The standard InChI is InChI=1S/C14H17N3O3/c1-16(8-10-7-15-17(2)9-10)13-6-11(20-3)4-5-12(13)14(18)19/h4-7,9H,8H2,1-3H3,(H,18,19). The Balaban J connectivity index is 2.31. The number of aromatic nitrogens is 2. The summed E-state index contributed by atoms with van der Waals surface area (Å²) in [6.07, 6.45) is 3.66. The quantitative estimate of drug-likeness (QED) is 0.900. The van der Waals surface area contributed by atoms with Crippen molar-refractivity contribution in [3.63, 3.8) is 0 Å². The fourth-order valence-electron chi connectivity index (χ4n) is 2.05. The van der Waals surface area contributed by atoms with Crippen molar-refractivity contribution in [2.45, 2.75) is 6.54 Å². The highest BCUT2D eigenvalue weighted by Gasteiger charge is 2.15. The molecule has 1 aromatic heterocycles. The first-order valence-electron chi connectivity index (χ1n) is 6.11. The first-order valence-corrected chi connectivity index (χ1v) is 6.11. The highest BCUT2D eigenvalue weighted by Crippen LogP contribution is 2.26. The number of aryl methyl sites for hydroxylation is 1. The molecule has 0 spiro atoms. The molecule has 2 aromatic rings. The molecule has 0 radical (unpaired) electrons. The molecule has 0 unspecified atom stereocenters. The largest absolute Gasteiger partial charge is 0.497 e. The minimum atomic E-state index is -0.958. The third-order valence-corrected chi connectivity index (χ3v) is 3.02. The van der Waals surface area contributed by atoms with E-state index in [1.165, 1.54) is 0 Å². The van der Waals surface area contributed by atoms with Crippen LogP contribution in [0.3, 0.4) is 0 Å². The van der Waals surface area contributed by atoms with Gasteiger partial charge in [-0.25, -0.2) is 4.79 Å². The first-order chi connectivity index (χ1) is 9.51. The summed E-state index contributed by atoms with van der Waals surface area (Å²) in [5.74, 6) is -0.330. The van der Waals surface area contributed by atoms with Gasteiger partial charge in [-0.05, 0) is 12.1 Å². The van der Waals surface area contributed by atoms with Crippen LogP contribution in [0, 0.1) is 0 Å². The molecule has 1 N–H and O–H groups in total. The van der Waals surface area contributed by atoms with Crippen molar-refractivity contribution in [3.05, 3.63) is 41.7 Å². The number of aromatic carboxylic acids is 1. The van der Waals surface area contributed by atoms with Gasteiger partial charge in [0.15, 0.2) is 0 Å². The van der Waals surface area contributed by atoms with Gasteiger partial charge in [-0.3, -0.25) is 4.68 Å². The lowest BCUT2D eigenvalue weighted by molar-refractivity contribution is 0.0697. The number of carbonyl (C=O) groups is 1. The topological polar surface area (TPSA) is 67.6 Å². The molecule has 0 aliphatic rings. The smallest absolute Gasteiger partial charge is 0.337 e. The van der Waals surface area contributed by atoms with Gasteiger partial charge < -0.3 is 14.7 Å². The van der Waals surface area contributed by atoms with Crippen molar-refractivity contribution in [1.29, 1.82) is 0 Å². The minimum Gasteiger partial charge on any atom is -0.497 e. The van der Waals surface area contributed by atoms with Crippen LogP contribution in [0.15, 0.2) is 30.6 Å². The molecule has 2 rings (SSSR count). The van der Waals surface area contributed by atoms with Crippen LogP contribution < -0.4 is 9.64 Å². The van der Waals surface area contributed by atoms with Gasteiger partial charge in [0.25, 0.3) is 0 Å². The van der Waals surface area contributed by atoms with E-state index in [4.69, 9.17) is 4.74 Å². The number of anilines is 1. The van der Waals surface area contributed by atoms with Crippen molar-refractivity contribution in [2.24, 2.45) is 7.05 Å². The van der Waals surface area contributed by atoms with E-state index in [1.54, 1.807) is 36.2 Å². The van der Waals surface area contributed by atoms with E-state index >= 15 is 0 Å². The molecule has 0 fully saturated rings. The molecule has 0 bridgehead atoms. The molecular weight excluding hydrogens is 258 g/mol. The Kier molecular flexibility index (Phi) is 3.93. The zero-order valence-corrected chi connectivity index (χ0v) is 11.7. The average Bonchev–Trinajstić information content (AvgIpc) is 2.83.